The first-order valence-electron chi connectivity index (χ1n) is 7.35. The number of hydrogen-bond acceptors (Lipinski definition) is 6. The molecule has 2 N–H and O–H groups in total. The van der Waals surface area contributed by atoms with Crippen LogP contribution in [0.1, 0.15) is 29.8 Å². The molecule has 0 unspecified atom stereocenters. The number of esters is 2. The van der Waals surface area contributed by atoms with Crippen LogP contribution in [0.3, 0.4) is 0 Å². The van der Waals surface area contributed by atoms with Crippen LogP contribution in [0.15, 0.2) is 30.0 Å². The molecule has 0 saturated heterocycles. The predicted octanol–water partition coefficient (Wildman–Crippen LogP) is 1.78. The fraction of sp³-hybridized carbons (Fsp3) is 0.353. The zero-order chi connectivity index (χ0) is 18.3. The Bertz CT molecular complexity index is 665. The summed E-state index contributed by atoms with van der Waals surface area (Å²) in [7, 11) is 2.41. The molecule has 0 spiro atoms. The molecule has 1 aromatic rings. The van der Waals surface area contributed by atoms with E-state index in [0.717, 1.165) is 11.6 Å². The van der Waals surface area contributed by atoms with Gasteiger partial charge < -0.3 is 20.1 Å². The van der Waals surface area contributed by atoms with Gasteiger partial charge in [0.05, 0.1) is 20.3 Å². The number of anilines is 1. The molecule has 1 amide bonds. The van der Waals surface area contributed by atoms with Crippen LogP contribution in [0, 0.1) is 6.92 Å². The van der Waals surface area contributed by atoms with Crippen molar-refractivity contribution in [3.05, 3.63) is 41.1 Å². The van der Waals surface area contributed by atoms with Gasteiger partial charge in [-0.05, 0) is 38.5 Å². The topological polar surface area (TPSA) is 93.7 Å². The van der Waals surface area contributed by atoms with E-state index < -0.39 is 11.9 Å². The summed E-state index contributed by atoms with van der Waals surface area (Å²) in [4.78, 5) is 35.3. The first kappa shape index (κ1) is 19.2. The largest absolute Gasteiger partial charge is 0.466 e. The Morgan fingerprint density at radius 3 is 2.33 bits per heavy atom. The van der Waals surface area contributed by atoms with Crippen molar-refractivity contribution in [3.63, 3.8) is 0 Å². The van der Waals surface area contributed by atoms with E-state index in [0.29, 0.717) is 11.3 Å². The van der Waals surface area contributed by atoms with Crippen LogP contribution in [0.4, 0.5) is 5.69 Å². The van der Waals surface area contributed by atoms with E-state index in [1.807, 2.05) is 13.8 Å². The third-order valence-corrected chi connectivity index (χ3v) is 3.06. The number of methoxy groups -OCH3 is 2. The second-order valence-electron chi connectivity index (χ2n) is 5.36. The molecule has 0 aromatic heterocycles. The van der Waals surface area contributed by atoms with Gasteiger partial charge in [0.1, 0.15) is 5.70 Å². The van der Waals surface area contributed by atoms with Gasteiger partial charge in [-0.15, -0.1) is 0 Å². The molecule has 0 fully saturated rings. The van der Waals surface area contributed by atoms with E-state index in [9.17, 15) is 14.4 Å². The van der Waals surface area contributed by atoms with Crippen LogP contribution in [0.25, 0.3) is 0 Å². The minimum atomic E-state index is -0.725. The lowest BCUT2D eigenvalue weighted by molar-refractivity contribution is -0.138. The fourth-order valence-corrected chi connectivity index (χ4v) is 1.82. The molecule has 0 aliphatic rings. The quantitative estimate of drug-likeness (QED) is 0.608. The van der Waals surface area contributed by atoms with Crippen LogP contribution in [0.2, 0.25) is 0 Å². The molecule has 7 nitrogen and oxygen atoms in total. The number of amides is 1. The van der Waals surface area contributed by atoms with Crippen molar-refractivity contribution in [2.75, 3.05) is 19.5 Å². The van der Waals surface area contributed by atoms with E-state index in [-0.39, 0.29) is 17.6 Å². The number of carbonyl (C=O) groups excluding carboxylic acids is 3. The highest BCUT2D eigenvalue weighted by atomic mass is 16.5. The lowest BCUT2D eigenvalue weighted by Crippen LogP contribution is -2.30. The Morgan fingerprint density at radius 2 is 1.79 bits per heavy atom. The zero-order valence-corrected chi connectivity index (χ0v) is 14.4. The van der Waals surface area contributed by atoms with Crippen molar-refractivity contribution in [3.8, 4) is 0 Å². The molecule has 24 heavy (non-hydrogen) atoms. The molecule has 0 heterocycles. The fourth-order valence-electron chi connectivity index (χ4n) is 1.82. The molecule has 1 aromatic carbocycles. The Balaban J connectivity index is 3.15. The minimum absolute atomic E-state index is 0.0000580. The van der Waals surface area contributed by atoms with Crippen molar-refractivity contribution in [2.24, 2.45) is 0 Å². The number of hydrogen-bond donors (Lipinski definition) is 2. The predicted molar refractivity (Wildman–Crippen MR) is 89.5 cm³/mol. The highest BCUT2D eigenvalue weighted by Crippen LogP contribution is 2.19. The third-order valence-electron chi connectivity index (χ3n) is 3.06. The van der Waals surface area contributed by atoms with Gasteiger partial charge in [-0.25, -0.2) is 9.59 Å². The summed E-state index contributed by atoms with van der Waals surface area (Å²) in [6.45, 7) is 5.53. The normalized spacial score (nSPS) is 11.0. The number of benzene rings is 1. The van der Waals surface area contributed by atoms with Gasteiger partial charge in [0.15, 0.2) is 0 Å². The molecular weight excluding hydrogens is 312 g/mol. The number of nitrogens with one attached hydrogen (secondary N) is 2. The number of carbonyl (C=O) groups is 3. The van der Waals surface area contributed by atoms with Crippen LogP contribution in [0.5, 0.6) is 0 Å². The third kappa shape index (κ3) is 5.42. The summed E-state index contributed by atoms with van der Waals surface area (Å²) < 4.78 is 9.17. The van der Waals surface area contributed by atoms with Crippen LogP contribution in [-0.4, -0.2) is 38.1 Å². The van der Waals surface area contributed by atoms with Crippen molar-refractivity contribution in [2.45, 2.75) is 26.8 Å². The first-order valence-corrected chi connectivity index (χ1v) is 7.35. The van der Waals surface area contributed by atoms with Crippen molar-refractivity contribution in [1.82, 2.24) is 5.32 Å². The van der Waals surface area contributed by atoms with Gasteiger partial charge in [0.25, 0.3) is 5.91 Å². The standard InChI is InChI=1S/C17H22N2O5/c1-10(2)18-16(21)12-7-6-11(3)13(8-12)19-14(17(22)24-5)9-15(20)23-4/h6-10,19H,1-5H3,(H,18,21)/b14-9+. The monoisotopic (exact) mass is 334 g/mol. The van der Waals surface area contributed by atoms with Gasteiger partial charge in [-0.3, -0.25) is 4.79 Å². The molecule has 0 aliphatic heterocycles. The van der Waals surface area contributed by atoms with Crippen molar-refractivity contribution >= 4 is 23.5 Å². The van der Waals surface area contributed by atoms with E-state index in [1.54, 1.807) is 25.1 Å². The van der Waals surface area contributed by atoms with Crippen LogP contribution in [-0.2, 0) is 19.1 Å². The Kier molecular flexibility index (Phi) is 6.98. The maximum atomic E-state index is 12.1. The lowest BCUT2D eigenvalue weighted by Gasteiger charge is -2.14. The van der Waals surface area contributed by atoms with E-state index in [2.05, 4.69) is 20.1 Å². The Hall–Kier alpha value is -2.83. The zero-order valence-electron chi connectivity index (χ0n) is 14.4. The molecule has 0 aliphatic carbocycles. The SMILES string of the molecule is COC(=O)/C=C(/Nc1cc(C(=O)NC(C)C)ccc1C)C(=O)OC. The lowest BCUT2D eigenvalue weighted by atomic mass is 10.1. The van der Waals surface area contributed by atoms with Gasteiger partial charge in [-0.1, -0.05) is 6.07 Å². The molecular formula is C17H22N2O5. The summed E-state index contributed by atoms with van der Waals surface area (Å²) in [6, 6.07) is 5.02. The summed E-state index contributed by atoms with van der Waals surface area (Å²) in [6.07, 6.45) is 0.992. The maximum absolute atomic E-state index is 12.1. The number of rotatable bonds is 6. The molecule has 0 saturated carbocycles. The first-order chi connectivity index (χ1) is 11.3. The van der Waals surface area contributed by atoms with E-state index in [4.69, 9.17) is 0 Å². The van der Waals surface area contributed by atoms with Gasteiger partial charge >= 0.3 is 11.9 Å². The summed E-state index contributed by atoms with van der Waals surface area (Å²) >= 11 is 0. The summed E-state index contributed by atoms with van der Waals surface area (Å²) in [5.41, 5.74) is 1.63. The summed E-state index contributed by atoms with van der Waals surface area (Å²) in [5, 5.41) is 5.60. The second kappa shape index (κ2) is 8.71. The van der Waals surface area contributed by atoms with Gasteiger partial charge in [-0.2, -0.15) is 0 Å². The molecule has 0 atom stereocenters. The molecule has 130 valence electrons. The molecule has 1 rings (SSSR count). The number of ether oxygens (including phenoxy) is 2. The molecule has 0 radical (unpaired) electrons. The van der Waals surface area contributed by atoms with E-state index >= 15 is 0 Å². The highest BCUT2D eigenvalue weighted by Gasteiger charge is 2.15. The van der Waals surface area contributed by atoms with Crippen LogP contribution < -0.4 is 10.6 Å². The maximum Gasteiger partial charge on any atom is 0.354 e. The number of aryl methyl sites for hydroxylation is 1. The highest BCUT2D eigenvalue weighted by molar-refractivity contribution is 6.00. The average molecular weight is 334 g/mol. The smallest absolute Gasteiger partial charge is 0.354 e. The van der Waals surface area contributed by atoms with Crippen molar-refractivity contribution < 1.29 is 23.9 Å². The van der Waals surface area contributed by atoms with Crippen LogP contribution >= 0.6 is 0 Å². The second-order valence-corrected chi connectivity index (χ2v) is 5.36. The molecule has 0 bridgehead atoms. The summed E-state index contributed by atoms with van der Waals surface area (Å²) in [5.74, 6) is -1.66. The van der Waals surface area contributed by atoms with Gasteiger partial charge in [0.2, 0.25) is 0 Å². The molecule has 7 heteroatoms. The average Bonchev–Trinajstić information content (AvgIpc) is 2.54. The van der Waals surface area contributed by atoms with E-state index in [1.165, 1.54) is 14.2 Å². The Labute approximate surface area is 141 Å². The van der Waals surface area contributed by atoms with Gasteiger partial charge in [0, 0.05) is 17.3 Å². The Morgan fingerprint density at radius 1 is 1.12 bits per heavy atom. The van der Waals surface area contributed by atoms with Crippen molar-refractivity contribution in [1.29, 1.82) is 0 Å². The minimum Gasteiger partial charge on any atom is -0.466 e.